The van der Waals surface area contributed by atoms with Crippen molar-refractivity contribution in [2.45, 2.75) is 11.3 Å². The largest absolute Gasteiger partial charge is 0.453 e. The lowest BCUT2D eigenvalue weighted by Gasteiger charge is -2.07. The Morgan fingerprint density at radius 1 is 1.12 bits per heavy atom. The number of rotatable bonds is 3. The van der Waals surface area contributed by atoms with Crippen LogP contribution in [-0.2, 0) is 16.0 Å². The number of sulfone groups is 1. The minimum absolute atomic E-state index is 0.00588. The van der Waals surface area contributed by atoms with Crippen LogP contribution in [0, 0.1) is 0 Å². The molecule has 3 rings (SSSR count). The van der Waals surface area contributed by atoms with Gasteiger partial charge in [-0.15, -0.1) is 5.10 Å². The van der Waals surface area contributed by atoms with Gasteiger partial charge < -0.3 is 4.42 Å². The number of hydrogen-bond donors (Lipinski definition) is 1. The van der Waals surface area contributed by atoms with Crippen LogP contribution in [0.4, 0.5) is 13.2 Å². The summed E-state index contributed by atoms with van der Waals surface area (Å²) in [4.78, 5) is 3.79. The van der Waals surface area contributed by atoms with Crippen molar-refractivity contribution in [3.63, 3.8) is 0 Å². The zero-order valence-electron chi connectivity index (χ0n) is 12.1. The molecule has 0 spiro atoms. The molecule has 0 unspecified atom stereocenters. The molecule has 0 atom stereocenters. The number of nitrogens with one attached hydrogen (secondary N) is 1. The van der Waals surface area contributed by atoms with E-state index in [0.717, 1.165) is 18.4 Å². The summed E-state index contributed by atoms with van der Waals surface area (Å²) in [5.74, 6) is 0.309. The molecule has 0 amide bonds. The Morgan fingerprint density at radius 3 is 2.46 bits per heavy atom. The number of furan rings is 1. The Morgan fingerprint density at radius 2 is 1.83 bits per heavy atom. The van der Waals surface area contributed by atoms with Gasteiger partial charge in [0, 0.05) is 11.8 Å². The Labute approximate surface area is 134 Å². The zero-order chi connectivity index (χ0) is 17.5. The van der Waals surface area contributed by atoms with Gasteiger partial charge in [0.15, 0.2) is 5.76 Å². The topological polar surface area (TPSA) is 88.8 Å². The second kappa shape index (κ2) is 5.48. The van der Waals surface area contributed by atoms with Crippen LogP contribution in [0.15, 0.2) is 46.0 Å². The predicted molar refractivity (Wildman–Crippen MR) is 77.6 cm³/mol. The predicted octanol–water partition coefficient (Wildman–Crippen LogP) is 3.15. The van der Waals surface area contributed by atoms with E-state index in [1.54, 1.807) is 0 Å². The average Bonchev–Trinajstić information content (AvgIpc) is 3.15. The van der Waals surface area contributed by atoms with Gasteiger partial charge >= 0.3 is 6.18 Å². The second-order valence-corrected chi connectivity index (χ2v) is 6.91. The number of nitrogens with zero attached hydrogens (tertiary/aromatic N) is 2. The van der Waals surface area contributed by atoms with Crippen molar-refractivity contribution in [1.82, 2.24) is 15.2 Å². The highest BCUT2D eigenvalue weighted by molar-refractivity contribution is 7.90. The summed E-state index contributed by atoms with van der Waals surface area (Å²) in [7, 11) is -3.55. The lowest BCUT2D eigenvalue weighted by Crippen LogP contribution is -2.04. The zero-order valence-corrected chi connectivity index (χ0v) is 12.9. The van der Waals surface area contributed by atoms with Gasteiger partial charge in [-0.2, -0.15) is 18.2 Å². The SMILES string of the molecule is CS(=O)(=O)c1nc(-c2ccc(-c3cccc(C(F)(F)F)c3)o2)n[nH]1. The molecule has 0 saturated heterocycles. The van der Waals surface area contributed by atoms with Crippen LogP contribution in [0.3, 0.4) is 0 Å². The molecule has 1 aromatic carbocycles. The first-order chi connectivity index (χ1) is 11.1. The van der Waals surface area contributed by atoms with Gasteiger partial charge in [-0.05, 0) is 24.3 Å². The summed E-state index contributed by atoms with van der Waals surface area (Å²) < 4.78 is 66.4. The molecule has 0 radical (unpaired) electrons. The van der Waals surface area contributed by atoms with Gasteiger partial charge in [0.2, 0.25) is 20.8 Å². The van der Waals surface area contributed by atoms with Crippen molar-refractivity contribution >= 4 is 9.84 Å². The highest BCUT2D eigenvalue weighted by Crippen LogP contribution is 2.33. The number of benzene rings is 1. The molecule has 6 nitrogen and oxygen atoms in total. The van der Waals surface area contributed by atoms with E-state index in [1.165, 1.54) is 24.3 Å². The number of halogens is 3. The summed E-state index contributed by atoms with van der Waals surface area (Å²) in [6, 6.07) is 7.57. The third kappa shape index (κ3) is 3.18. The van der Waals surface area contributed by atoms with Crippen molar-refractivity contribution in [2.24, 2.45) is 0 Å². The minimum atomic E-state index is -4.46. The van der Waals surface area contributed by atoms with Crippen LogP contribution in [0.5, 0.6) is 0 Å². The molecule has 0 aliphatic carbocycles. The van der Waals surface area contributed by atoms with E-state index in [4.69, 9.17) is 4.42 Å². The fourth-order valence-corrected chi connectivity index (χ4v) is 2.45. The highest BCUT2D eigenvalue weighted by atomic mass is 32.2. The summed E-state index contributed by atoms with van der Waals surface area (Å²) in [5.41, 5.74) is -0.565. The number of aromatic nitrogens is 3. The number of aromatic amines is 1. The van der Waals surface area contributed by atoms with E-state index in [1.807, 2.05) is 0 Å². The van der Waals surface area contributed by atoms with Crippen molar-refractivity contribution in [3.05, 3.63) is 42.0 Å². The van der Waals surface area contributed by atoms with Gasteiger partial charge in [0.25, 0.3) is 0 Å². The van der Waals surface area contributed by atoms with Crippen LogP contribution in [-0.4, -0.2) is 29.9 Å². The lowest BCUT2D eigenvalue weighted by molar-refractivity contribution is -0.137. The molecule has 126 valence electrons. The monoisotopic (exact) mass is 357 g/mol. The Balaban J connectivity index is 1.96. The molecule has 0 bridgehead atoms. The molecule has 1 N–H and O–H groups in total. The summed E-state index contributed by atoms with van der Waals surface area (Å²) in [5, 5.41) is 5.67. The van der Waals surface area contributed by atoms with Gasteiger partial charge in [0.1, 0.15) is 5.76 Å². The standard InChI is InChI=1S/C14H10F3N3O3S/c1-24(21,22)13-18-12(19-20-13)11-6-5-10(23-11)8-3-2-4-9(7-8)14(15,16)17/h2-7H,1H3,(H,18,19,20). The molecule has 10 heteroatoms. The molecule has 0 aliphatic heterocycles. The number of hydrogen-bond acceptors (Lipinski definition) is 5. The van der Waals surface area contributed by atoms with Crippen molar-refractivity contribution < 1.29 is 26.0 Å². The van der Waals surface area contributed by atoms with E-state index in [0.29, 0.717) is 0 Å². The van der Waals surface area contributed by atoms with Crippen LogP contribution in [0.1, 0.15) is 5.56 Å². The first-order valence-electron chi connectivity index (χ1n) is 6.55. The average molecular weight is 357 g/mol. The molecule has 24 heavy (non-hydrogen) atoms. The maximum Gasteiger partial charge on any atom is 0.416 e. The molecule has 2 aromatic heterocycles. The first-order valence-corrected chi connectivity index (χ1v) is 8.44. The van der Waals surface area contributed by atoms with Crippen molar-refractivity contribution in [2.75, 3.05) is 6.26 Å². The molecule has 3 aromatic rings. The fourth-order valence-electron chi connectivity index (χ4n) is 1.98. The molecular formula is C14H10F3N3O3S. The normalized spacial score (nSPS) is 12.5. The van der Waals surface area contributed by atoms with Crippen LogP contribution < -0.4 is 0 Å². The number of alkyl halides is 3. The molecular weight excluding hydrogens is 347 g/mol. The van der Waals surface area contributed by atoms with Gasteiger partial charge in [0.05, 0.1) is 5.56 Å². The maximum absolute atomic E-state index is 12.8. The summed E-state index contributed by atoms with van der Waals surface area (Å²) >= 11 is 0. The van der Waals surface area contributed by atoms with Gasteiger partial charge in [-0.25, -0.2) is 13.5 Å². The summed E-state index contributed by atoms with van der Waals surface area (Å²) in [6.45, 7) is 0. The lowest BCUT2D eigenvalue weighted by atomic mass is 10.1. The van der Waals surface area contributed by atoms with E-state index in [-0.39, 0.29) is 28.1 Å². The fraction of sp³-hybridized carbons (Fsp3) is 0.143. The third-order valence-electron chi connectivity index (χ3n) is 3.12. The molecule has 2 heterocycles. The Hall–Kier alpha value is -2.62. The minimum Gasteiger partial charge on any atom is -0.453 e. The highest BCUT2D eigenvalue weighted by Gasteiger charge is 2.30. The third-order valence-corrected chi connectivity index (χ3v) is 4.00. The maximum atomic E-state index is 12.8. The van der Waals surface area contributed by atoms with Crippen LogP contribution in [0.25, 0.3) is 22.9 Å². The Kier molecular flexibility index (Phi) is 3.71. The van der Waals surface area contributed by atoms with Gasteiger partial charge in [-0.3, -0.25) is 0 Å². The van der Waals surface area contributed by atoms with Crippen molar-refractivity contribution in [1.29, 1.82) is 0 Å². The first kappa shape index (κ1) is 16.2. The van der Waals surface area contributed by atoms with Crippen molar-refractivity contribution in [3.8, 4) is 22.9 Å². The van der Waals surface area contributed by atoms with E-state index in [9.17, 15) is 21.6 Å². The quantitative estimate of drug-likeness (QED) is 0.778. The molecule has 0 aliphatic rings. The van der Waals surface area contributed by atoms with Crippen LogP contribution in [0.2, 0.25) is 0 Å². The molecule has 0 saturated carbocycles. The van der Waals surface area contributed by atoms with Crippen LogP contribution >= 0.6 is 0 Å². The number of H-pyrrole nitrogens is 1. The van der Waals surface area contributed by atoms with E-state index >= 15 is 0 Å². The second-order valence-electron chi connectivity index (χ2n) is 4.98. The smallest absolute Gasteiger partial charge is 0.416 e. The van der Waals surface area contributed by atoms with Gasteiger partial charge in [-0.1, -0.05) is 12.1 Å². The van der Waals surface area contributed by atoms with E-state index in [2.05, 4.69) is 15.2 Å². The molecule has 0 fully saturated rings. The summed E-state index contributed by atoms with van der Waals surface area (Å²) in [6.07, 6.45) is -3.49. The van der Waals surface area contributed by atoms with E-state index < -0.39 is 21.6 Å². The Bertz CT molecular complexity index is 990.